The first-order valence-corrected chi connectivity index (χ1v) is 9.15. The van der Waals surface area contributed by atoms with Gasteiger partial charge in [0.1, 0.15) is 17.5 Å². The number of aryl methyl sites for hydroxylation is 1. The van der Waals surface area contributed by atoms with Crippen LogP contribution < -0.4 is 10.1 Å². The minimum Gasteiger partial charge on any atom is -0.489 e. The van der Waals surface area contributed by atoms with Crippen LogP contribution in [0.15, 0.2) is 48.9 Å². The molecular formula is C21H20F3N3O. The zero-order valence-electron chi connectivity index (χ0n) is 15.3. The topological polar surface area (TPSA) is 47.0 Å². The molecule has 3 aromatic rings. The van der Waals surface area contributed by atoms with Crippen molar-refractivity contribution in [2.75, 3.05) is 0 Å². The molecule has 0 amide bonds. The highest BCUT2D eigenvalue weighted by atomic mass is 19.4. The largest absolute Gasteiger partial charge is 0.489 e. The van der Waals surface area contributed by atoms with Gasteiger partial charge < -0.3 is 10.1 Å². The Bertz CT molecular complexity index is 967. The van der Waals surface area contributed by atoms with Crippen LogP contribution in [0, 0.1) is 6.92 Å². The molecule has 0 spiro atoms. The van der Waals surface area contributed by atoms with Crippen molar-refractivity contribution in [1.82, 2.24) is 15.3 Å². The summed E-state index contributed by atoms with van der Waals surface area (Å²) in [6, 6.07) is 8.80. The van der Waals surface area contributed by atoms with Crippen molar-refractivity contribution in [2.45, 2.75) is 44.6 Å². The van der Waals surface area contributed by atoms with Crippen LogP contribution in [-0.2, 0) is 12.7 Å². The Hall–Kier alpha value is -2.67. The molecule has 0 bridgehead atoms. The molecule has 0 atom stereocenters. The fourth-order valence-electron chi connectivity index (χ4n) is 3.46. The fraction of sp³-hybridized carbons (Fsp3) is 0.333. The number of halogens is 3. The molecule has 146 valence electrons. The summed E-state index contributed by atoms with van der Waals surface area (Å²) >= 11 is 0. The Balaban J connectivity index is 1.30. The summed E-state index contributed by atoms with van der Waals surface area (Å²) in [6.07, 6.45) is 1.99. The van der Waals surface area contributed by atoms with E-state index < -0.39 is 11.9 Å². The maximum Gasteiger partial charge on any atom is 0.433 e. The molecule has 1 N–H and O–H groups in total. The first kappa shape index (κ1) is 18.7. The highest BCUT2D eigenvalue weighted by Gasteiger charge is 2.33. The van der Waals surface area contributed by atoms with Crippen molar-refractivity contribution in [3.8, 4) is 5.75 Å². The average Bonchev–Trinajstić information content (AvgIpc) is 2.64. The maximum absolute atomic E-state index is 12.5. The van der Waals surface area contributed by atoms with E-state index in [4.69, 9.17) is 4.74 Å². The Morgan fingerprint density at radius 1 is 1.11 bits per heavy atom. The summed E-state index contributed by atoms with van der Waals surface area (Å²) in [5.41, 5.74) is 1.58. The van der Waals surface area contributed by atoms with Crippen LogP contribution in [0.1, 0.15) is 29.7 Å². The molecule has 1 saturated carbocycles. The minimum atomic E-state index is -4.43. The molecule has 1 aromatic carbocycles. The molecule has 1 aliphatic rings. The molecule has 4 nitrogen and oxygen atoms in total. The molecule has 1 fully saturated rings. The third-order valence-electron chi connectivity index (χ3n) is 5.16. The van der Waals surface area contributed by atoms with E-state index in [0.717, 1.165) is 37.0 Å². The molecule has 2 aromatic heterocycles. The monoisotopic (exact) mass is 387 g/mol. The van der Waals surface area contributed by atoms with E-state index in [1.807, 2.05) is 12.3 Å². The number of ether oxygens (including phenoxy) is 1. The van der Waals surface area contributed by atoms with Crippen molar-refractivity contribution < 1.29 is 17.9 Å². The van der Waals surface area contributed by atoms with Crippen LogP contribution in [0.25, 0.3) is 10.8 Å². The lowest BCUT2D eigenvalue weighted by Crippen LogP contribution is -2.46. The van der Waals surface area contributed by atoms with Gasteiger partial charge in [0.25, 0.3) is 0 Å². The van der Waals surface area contributed by atoms with Crippen LogP contribution in [0.3, 0.4) is 0 Å². The highest BCUT2D eigenvalue weighted by molar-refractivity contribution is 5.85. The Labute approximate surface area is 160 Å². The molecule has 7 heteroatoms. The second-order valence-electron chi connectivity index (χ2n) is 7.12. The van der Waals surface area contributed by atoms with Gasteiger partial charge in [-0.3, -0.25) is 4.98 Å². The van der Waals surface area contributed by atoms with E-state index >= 15 is 0 Å². The standard InChI is InChI=1S/C21H20F3N3O/c1-13-2-3-14-10-25-7-6-18(14)19(13)12-26-15-8-17(9-15)28-16-4-5-20(27-11-16)21(22,23)24/h2-7,10-11,15,17,26H,8-9,12H2,1H3/t15-,17-. The van der Waals surface area contributed by atoms with Gasteiger partial charge in [-0.25, -0.2) is 4.98 Å². The van der Waals surface area contributed by atoms with Gasteiger partial charge in [0, 0.05) is 30.4 Å². The van der Waals surface area contributed by atoms with Crippen LogP contribution in [-0.4, -0.2) is 22.1 Å². The average molecular weight is 387 g/mol. The summed E-state index contributed by atoms with van der Waals surface area (Å²) < 4.78 is 43.4. The quantitative estimate of drug-likeness (QED) is 0.692. The predicted molar refractivity (Wildman–Crippen MR) is 100.0 cm³/mol. The van der Waals surface area contributed by atoms with Gasteiger partial charge >= 0.3 is 6.18 Å². The Kier molecular flexibility index (Phi) is 4.93. The SMILES string of the molecule is Cc1ccc2cnccc2c1CN[C@H]1C[C@H](Oc2ccc(C(F)(F)F)nc2)C1. The third kappa shape index (κ3) is 3.94. The van der Waals surface area contributed by atoms with E-state index in [2.05, 4.69) is 34.3 Å². The number of nitrogens with one attached hydrogen (secondary N) is 1. The first-order chi connectivity index (χ1) is 13.4. The lowest BCUT2D eigenvalue weighted by molar-refractivity contribution is -0.141. The highest BCUT2D eigenvalue weighted by Crippen LogP contribution is 2.30. The molecule has 2 heterocycles. The summed E-state index contributed by atoms with van der Waals surface area (Å²) in [4.78, 5) is 7.59. The summed E-state index contributed by atoms with van der Waals surface area (Å²) in [6.45, 7) is 2.85. The molecule has 28 heavy (non-hydrogen) atoms. The summed E-state index contributed by atoms with van der Waals surface area (Å²) in [5.74, 6) is 0.369. The number of fused-ring (bicyclic) bond motifs is 1. The van der Waals surface area contributed by atoms with Gasteiger partial charge in [0.05, 0.1) is 6.20 Å². The van der Waals surface area contributed by atoms with Crippen molar-refractivity contribution in [2.24, 2.45) is 0 Å². The van der Waals surface area contributed by atoms with Crippen LogP contribution in [0.4, 0.5) is 13.2 Å². The predicted octanol–water partition coefficient (Wildman–Crippen LogP) is 4.66. The second-order valence-corrected chi connectivity index (χ2v) is 7.12. The van der Waals surface area contributed by atoms with Crippen molar-refractivity contribution in [1.29, 1.82) is 0 Å². The molecule has 4 rings (SSSR count). The van der Waals surface area contributed by atoms with E-state index in [1.54, 1.807) is 6.20 Å². The molecule has 0 aliphatic heterocycles. The van der Waals surface area contributed by atoms with E-state index in [1.165, 1.54) is 22.6 Å². The summed E-state index contributed by atoms with van der Waals surface area (Å²) in [5, 5.41) is 5.87. The van der Waals surface area contributed by atoms with Crippen LogP contribution in [0.2, 0.25) is 0 Å². The molecule has 1 aliphatic carbocycles. The number of aromatic nitrogens is 2. The van der Waals surface area contributed by atoms with Gasteiger partial charge in [0.2, 0.25) is 0 Å². The lowest BCUT2D eigenvalue weighted by atomic mass is 9.88. The zero-order chi connectivity index (χ0) is 19.7. The van der Waals surface area contributed by atoms with Gasteiger partial charge in [-0.1, -0.05) is 12.1 Å². The molecule has 0 saturated heterocycles. The minimum absolute atomic E-state index is 0.00569. The van der Waals surface area contributed by atoms with E-state index in [-0.39, 0.29) is 6.10 Å². The second kappa shape index (κ2) is 7.39. The number of hydrogen-bond donors (Lipinski definition) is 1. The Morgan fingerprint density at radius 3 is 2.64 bits per heavy atom. The van der Waals surface area contributed by atoms with Crippen molar-refractivity contribution in [3.63, 3.8) is 0 Å². The van der Waals surface area contributed by atoms with Gasteiger partial charge in [-0.15, -0.1) is 0 Å². The first-order valence-electron chi connectivity index (χ1n) is 9.15. The molecule has 0 unspecified atom stereocenters. The number of benzene rings is 1. The van der Waals surface area contributed by atoms with Gasteiger partial charge in [0.15, 0.2) is 0 Å². The van der Waals surface area contributed by atoms with Crippen LogP contribution in [0.5, 0.6) is 5.75 Å². The number of hydrogen-bond acceptors (Lipinski definition) is 4. The number of alkyl halides is 3. The van der Waals surface area contributed by atoms with E-state index in [9.17, 15) is 13.2 Å². The Morgan fingerprint density at radius 2 is 1.93 bits per heavy atom. The molecule has 0 radical (unpaired) electrons. The smallest absolute Gasteiger partial charge is 0.433 e. The number of nitrogens with zero attached hydrogens (tertiary/aromatic N) is 2. The normalized spacial score (nSPS) is 19.4. The number of rotatable bonds is 5. The fourth-order valence-corrected chi connectivity index (χ4v) is 3.46. The van der Waals surface area contributed by atoms with Crippen LogP contribution >= 0.6 is 0 Å². The van der Waals surface area contributed by atoms with Gasteiger partial charge in [-0.2, -0.15) is 13.2 Å². The summed E-state index contributed by atoms with van der Waals surface area (Å²) in [7, 11) is 0. The number of pyridine rings is 2. The van der Waals surface area contributed by atoms with Crippen molar-refractivity contribution >= 4 is 10.8 Å². The molecular weight excluding hydrogens is 367 g/mol. The van der Waals surface area contributed by atoms with E-state index in [0.29, 0.717) is 11.8 Å². The maximum atomic E-state index is 12.5. The zero-order valence-corrected chi connectivity index (χ0v) is 15.3. The van der Waals surface area contributed by atoms with Gasteiger partial charge in [-0.05, 0) is 54.5 Å². The van der Waals surface area contributed by atoms with Crippen molar-refractivity contribution in [3.05, 3.63) is 65.7 Å². The lowest BCUT2D eigenvalue weighted by Gasteiger charge is -2.36. The third-order valence-corrected chi connectivity index (χ3v) is 5.16.